The molecule has 6 heteroatoms. The zero-order chi connectivity index (χ0) is 11.7. The molecule has 0 amide bonds. The minimum absolute atomic E-state index is 0.0174. The van der Waals surface area contributed by atoms with Crippen LogP contribution in [0, 0.1) is 0 Å². The van der Waals surface area contributed by atoms with Crippen molar-refractivity contribution in [3.8, 4) is 0 Å². The molecule has 0 aromatic carbocycles. The molecular formula is C9H17F3O3. The maximum absolute atomic E-state index is 11.6. The van der Waals surface area contributed by atoms with E-state index in [9.17, 15) is 18.3 Å². The lowest BCUT2D eigenvalue weighted by Gasteiger charge is -2.10. The van der Waals surface area contributed by atoms with Gasteiger partial charge < -0.3 is 14.6 Å². The monoisotopic (exact) mass is 230 g/mol. The van der Waals surface area contributed by atoms with Gasteiger partial charge in [-0.3, -0.25) is 0 Å². The summed E-state index contributed by atoms with van der Waals surface area (Å²) in [6, 6.07) is 0. The van der Waals surface area contributed by atoms with E-state index in [-0.39, 0.29) is 6.61 Å². The number of methoxy groups -OCH3 is 1. The average Bonchev–Trinajstić information content (AvgIpc) is 2.12. The minimum atomic E-state index is -4.27. The maximum atomic E-state index is 11.6. The van der Waals surface area contributed by atoms with E-state index < -0.39 is 18.9 Å². The van der Waals surface area contributed by atoms with Crippen molar-refractivity contribution in [2.75, 3.05) is 26.9 Å². The summed E-state index contributed by atoms with van der Waals surface area (Å²) in [7, 11) is 1.53. The zero-order valence-electron chi connectivity index (χ0n) is 8.72. The van der Waals surface area contributed by atoms with E-state index in [1.165, 1.54) is 7.11 Å². The van der Waals surface area contributed by atoms with Gasteiger partial charge in [-0.1, -0.05) is 0 Å². The molecule has 1 unspecified atom stereocenters. The highest BCUT2D eigenvalue weighted by atomic mass is 19.4. The first-order valence-corrected chi connectivity index (χ1v) is 4.77. The molecular weight excluding hydrogens is 213 g/mol. The van der Waals surface area contributed by atoms with Crippen LogP contribution in [0.15, 0.2) is 0 Å². The molecule has 0 saturated heterocycles. The quantitative estimate of drug-likeness (QED) is 0.645. The molecule has 0 aliphatic carbocycles. The van der Waals surface area contributed by atoms with Crippen LogP contribution in [0.5, 0.6) is 0 Å². The lowest BCUT2D eigenvalue weighted by atomic mass is 10.1. The Morgan fingerprint density at radius 3 is 2.40 bits per heavy atom. The van der Waals surface area contributed by atoms with E-state index in [1.807, 2.05) is 0 Å². The molecule has 0 aliphatic rings. The Kier molecular flexibility index (Phi) is 7.72. The van der Waals surface area contributed by atoms with Gasteiger partial charge in [-0.2, -0.15) is 13.2 Å². The number of alkyl halides is 3. The molecule has 0 fully saturated rings. The van der Waals surface area contributed by atoms with Crippen molar-refractivity contribution < 1.29 is 27.8 Å². The highest BCUT2D eigenvalue weighted by molar-refractivity contribution is 4.55. The number of hydrogen-bond acceptors (Lipinski definition) is 3. The Balaban J connectivity index is 3.23. The summed E-state index contributed by atoms with van der Waals surface area (Å²) >= 11 is 0. The molecule has 3 nitrogen and oxygen atoms in total. The fourth-order valence-corrected chi connectivity index (χ4v) is 1.01. The van der Waals surface area contributed by atoms with Crippen molar-refractivity contribution in [1.29, 1.82) is 0 Å². The number of ether oxygens (including phenoxy) is 2. The van der Waals surface area contributed by atoms with Crippen LogP contribution in [0.25, 0.3) is 0 Å². The summed E-state index contributed by atoms with van der Waals surface area (Å²) in [6.45, 7) is -0.755. The largest absolute Gasteiger partial charge is 0.411 e. The van der Waals surface area contributed by atoms with Crippen molar-refractivity contribution in [2.24, 2.45) is 0 Å². The molecule has 0 radical (unpaired) electrons. The topological polar surface area (TPSA) is 38.7 Å². The number of aliphatic hydroxyl groups excluding tert-OH is 1. The van der Waals surface area contributed by atoms with Crippen molar-refractivity contribution in [3.05, 3.63) is 0 Å². The van der Waals surface area contributed by atoms with Gasteiger partial charge in [0.05, 0.1) is 6.10 Å². The Hall–Kier alpha value is -0.330. The highest BCUT2D eigenvalue weighted by Gasteiger charge is 2.27. The Morgan fingerprint density at radius 1 is 1.20 bits per heavy atom. The molecule has 0 saturated carbocycles. The van der Waals surface area contributed by atoms with Gasteiger partial charge in [0, 0.05) is 20.3 Å². The predicted molar refractivity (Wildman–Crippen MR) is 48.6 cm³/mol. The summed E-state index contributed by atoms with van der Waals surface area (Å²) in [6.07, 6.45) is -3.45. The summed E-state index contributed by atoms with van der Waals surface area (Å²) < 4.78 is 44.0. The van der Waals surface area contributed by atoms with Gasteiger partial charge in [0.1, 0.15) is 6.61 Å². The van der Waals surface area contributed by atoms with Crippen LogP contribution in [-0.4, -0.2) is 44.3 Å². The Bertz CT molecular complexity index is 150. The first-order chi connectivity index (χ1) is 6.95. The van der Waals surface area contributed by atoms with Gasteiger partial charge in [0.15, 0.2) is 0 Å². The average molecular weight is 230 g/mol. The standard InChI is InChI=1S/C9H17F3O3/c1-14-6-4-8(13)3-2-5-15-7-9(10,11)12/h8,13H,2-7H2,1H3. The van der Waals surface area contributed by atoms with E-state index in [1.54, 1.807) is 0 Å². The van der Waals surface area contributed by atoms with Gasteiger partial charge in [0.25, 0.3) is 0 Å². The normalized spacial score (nSPS) is 14.2. The van der Waals surface area contributed by atoms with Crippen LogP contribution in [-0.2, 0) is 9.47 Å². The van der Waals surface area contributed by atoms with Crippen molar-refractivity contribution in [3.63, 3.8) is 0 Å². The smallest absolute Gasteiger partial charge is 0.393 e. The zero-order valence-corrected chi connectivity index (χ0v) is 8.72. The molecule has 1 atom stereocenters. The van der Waals surface area contributed by atoms with Crippen LogP contribution < -0.4 is 0 Å². The van der Waals surface area contributed by atoms with E-state index >= 15 is 0 Å². The van der Waals surface area contributed by atoms with E-state index in [0.717, 1.165) is 0 Å². The minimum Gasteiger partial charge on any atom is -0.393 e. The maximum Gasteiger partial charge on any atom is 0.411 e. The van der Waals surface area contributed by atoms with Gasteiger partial charge >= 0.3 is 6.18 Å². The number of halogens is 3. The molecule has 0 rings (SSSR count). The second-order valence-electron chi connectivity index (χ2n) is 3.25. The third kappa shape index (κ3) is 11.6. The lowest BCUT2D eigenvalue weighted by molar-refractivity contribution is -0.174. The van der Waals surface area contributed by atoms with Crippen LogP contribution in [0.3, 0.4) is 0 Å². The molecule has 0 aliphatic heterocycles. The molecule has 0 aromatic heterocycles. The van der Waals surface area contributed by atoms with E-state index in [2.05, 4.69) is 4.74 Å². The third-order valence-electron chi connectivity index (χ3n) is 1.75. The van der Waals surface area contributed by atoms with Gasteiger partial charge in [0.2, 0.25) is 0 Å². The third-order valence-corrected chi connectivity index (χ3v) is 1.75. The summed E-state index contributed by atoms with van der Waals surface area (Å²) in [4.78, 5) is 0. The second-order valence-corrected chi connectivity index (χ2v) is 3.25. The Labute approximate surface area is 87.2 Å². The van der Waals surface area contributed by atoms with Crippen molar-refractivity contribution >= 4 is 0 Å². The van der Waals surface area contributed by atoms with Crippen molar-refractivity contribution in [2.45, 2.75) is 31.5 Å². The number of rotatable bonds is 8. The molecule has 0 spiro atoms. The summed E-state index contributed by atoms with van der Waals surface area (Å²) in [5, 5.41) is 9.28. The van der Waals surface area contributed by atoms with E-state index in [4.69, 9.17) is 4.74 Å². The van der Waals surface area contributed by atoms with Crippen LogP contribution >= 0.6 is 0 Å². The SMILES string of the molecule is COCCC(O)CCCOCC(F)(F)F. The predicted octanol–water partition coefficient (Wildman–Crippen LogP) is 1.74. The van der Waals surface area contributed by atoms with Crippen LogP contribution in [0.4, 0.5) is 13.2 Å². The van der Waals surface area contributed by atoms with Crippen LogP contribution in [0.1, 0.15) is 19.3 Å². The summed E-state index contributed by atoms with van der Waals surface area (Å²) in [5.41, 5.74) is 0. The van der Waals surface area contributed by atoms with Crippen LogP contribution in [0.2, 0.25) is 0 Å². The molecule has 15 heavy (non-hydrogen) atoms. The molecule has 0 aromatic rings. The fraction of sp³-hybridized carbons (Fsp3) is 1.00. The first kappa shape index (κ1) is 14.7. The van der Waals surface area contributed by atoms with Gasteiger partial charge in [-0.05, 0) is 19.3 Å². The number of hydrogen-bond donors (Lipinski definition) is 1. The molecule has 0 bridgehead atoms. The Morgan fingerprint density at radius 2 is 1.87 bits per heavy atom. The van der Waals surface area contributed by atoms with Gasteiger partial charge in [-0.25, -0.2) is 0 Å². The van der Waals surface area contributed by atoms with Crippen molar-refractivity contribution in [1.82, 2.24) is 0 Å². The number of aliphatic hydroxyl groups is 1. The van der Waals surface area contributed by atoms with Gasteiger partial charge in [-0.15, -0.1) is 0 Å². The molecule has 0 heterocycles. The molecule has 92 valence electrons. The highest BCUT2D eigenvalue weighted by Crippen LogP contribution is 2.14. The first-order valence-electron chi connectivity index (χ1n) is 4.77. The molecule has 1 N–H and O–H groups in total. The lowest BCUT2D eigenvalue weighted by Crippen LogP contribution is -2.18. The fourth-order valence-electron chi connectivity index (χ4n) is 1.01. The van der Waals surface area contributed by atoms with E-state index in [0.29, 0.717) is 25.9 Å². The summed E-state index contributed by atoms with van der Waals surface area (Å²) in [5.74, 6) is 0. The second kappa shape index (κ2) is 7.90.